The molecule has 3 N–H and O–H groups in total. The number of cyclic esters (lactones) is 1. The van der Waals surface area contributed by atoms with Crippen molar-refractivity contribution in [3.05, 3.63) is 66.7 Å². The molecular weight excluding hydrogens is 713 g/mol. The summed E-state index contributed by atoms with van der Waals surface area (Å²) in [5.74, 6) is -2.36. The summed E-state index contributed by atoms with van der Waals surface area (Å²) in [6.07, 6.45) is 3.10. The van der Waals surface area contributed by atoms with Crippen LogP contribution >= 0.6 is 0 Å². The van der Waals surface area contributed by atoms with Gasteiger partial charge in [0.05, 0.1) is 29.4 Å². The Kier molecular flexibility index (Phi) is 9.88. The lowest BCUT2D eigenvalue weighted by molar-refractivity contribution is -0.142. The molecule has 3 fully saturated rings. The molecule has 0 radical (unpaired) electrons. The zero-order valence-corrected chi connectivity index (χ0v) is 31.5. The van der Waals surface area contributed by atoms with Crippen molar-refractivity contribution in [3.63, 3.8) is 0 Å². The zero-order valence-electron chi connectivity index (χ0n) is 30.7. The molecule has 286 valence electrons. The van der Waals surface area contributed by atoms with Gasteiger partial charge in [-0.05, 0) is 61.6 Å². The van der Waals surface area contributed by atoms with Crippen LogP contribution in [0.15, 0.2) is 61.2 Å². The smallest absolute Gasteiger partial charge is 0.407 e. The first kappa shape index (κ1) is 37.3. The maximum atomic E-state index is 14.6. The van der Waals surface area contributed by atoms with Gasteiger partial charge in [-0.15, -0.1) is 6.58 Å². The quantitative estimate of drug-likeness (QED) is 0.300. The van der Waals surface area contributed by atoms with E-state index in [1.165, 1.54) is 11.0 Å². The predicted octanol–water partition coefficient (Wildman–Crippen LogP) is 3.79. The van der Waals surface area contributed by atoms with E-state index in [2.05, 4.69) is 21.9 Å². The van der Waals surface area contributed by atoms with Gasteiger partial charge >= 0.3 is 6.09 Å². The van der Waals surface area contributed by atoms with E-state index in [1.807, 2.05) is 48.5 Å². The number of rotatable bonds is 7. The molecule has 1 aromatic heterocycles. The molecule has 4 amide bonds. The molecule has 15 heteroatoms. The third kappa shape index (κ3) is 7.63. The Morgan fingerprint density at radius 1 is 1.06 bits per heavy atom. The molecule has 5 bridgehead atoms. The molecule has 7 rings (SSSR count). The number of fused-ring (bicyclic) bond motifs is 4. The minimum atomic E-state index is -3.91. The Labute approximate surface area is 314 Å². The van der Waals surface area contributed by atoms with Gasteiger partial charge in [0.2, 0.25) is 27.7 Å². The molecule has 2 aliphatic carbocycles. The second kappa shape index (κ2) is 14.3. The van der Waals surface area contributed by atoms with Crippen LogP contribution in [0.1, 0.15) is 64.9 Å². The maximum Gasteiger partial charge on any atom is 0.407 e. The highest BCUT2D eigenvalue weighted by Crippen LogP contribution is 2.45. The Morgan fingerprint density at radius 3 is 2.50 bits per heavy atom. The Hall–Kier alpha value is -5.05. The number of hydrogen-bond acceptors (Lipinski definition) is 10. The summed E-state index contributed by atoms with van der Waals surface area (Å²) in [7, 11) is -3.91. The first-order valence-electron chi connectivity index (χ1n) is 18.5. The molecule has 3 heterocycles. The molecular formula is C39H46N6O8S. The second-order valence-electron chi connectivity index (χ2n) is 15.8. The SMILES string of the molecule is C=C[C@@H]1C[C@@]1(NC(=O)[C@@H]1C[C@@H]2CN1C(=O)[C@H](C(C)(C)C)NC(=O)OCCCCc1ccc3nc(-c4ccccc4)c(nc3c1)O2)C(=O)NS(=O)(=O)C1CC1. The van der Waals surface area contributed by atoms with Crippen molar-refractivity contribution in [2.45, 2.75) is 94.7 Å². The fourth-order valence-corrected chi connectivity index (χ4v) is 8.59. The highest BCUT2D eigenvalue weighted by Gasteiger charge is 2.62. The molecule has 4 aliphatic rings. The van der Waals surface area contributed by atoms with Crippen molar-refractivity contribution >= 4 is 44.9 Å². The lowest BCUT2D eigenvalue weighted by atomic mass is 9.85. The zero-order chi connectivity index (χ0) is 38.4. The molecule has 5 atom stereocenters. The van der Waals surface area contributed by atoms with E-state index in [4.69, 9.17) is 19.4 Å². The van der Waals surface area contributed by atoms with Gasteiger partial charge in [0.15, 0.2) is 0 Å². The Morgan fingerprint density at radius 2 is 1.81 bits per heavy atom. The molecule has 3 aromatic rings. The summed E-state index contributed by atoms with van der Waals surface area (Å²) in [6, 6.07) is 13.1. The highest BCUT2D eigenvalue weighted by molar-refractivity contribution is 7.91. The minimum absolute atomic E-state index is 0.00367. The summed E-state index contributed by atoms with van der Waals surface area (Å²) < 4.78 is 39.7. The standard InChI is InChI=1S/C39H46N6O8S/c1-5-25-21-39(25,36(48)44-54(50,51)27-15-16-27)43-33(46)30-20-26-22-45(30)35(47)32(38(2,3)4)42-37(49)52-18-10-9-11-23-14-17-28-29(19-23)41-34(53-26)31(40-28)24-12-7-6-8-13-24/h5-8,12-14,17,19,25-27,30,32H,1,9-11,15-16,18,20-22H2,2-4H3,(H,42,49)(H,43,46)(H,44,48)/t25-,26-,30+,32-,39+/m1/s1. The van der Waals surface area contributed by atoms with Crippen LogP contribution in [-0.2, 0) is 35.6 Å². The van der Waals surface area contributed by atoms with Gasteiger partial charge < -0.3 is 25.0 Å². The molecule has 54 heavy (non-hydrogen) atoms. The lowest BCUT2D eigenvalue weighted by Gasteiger charge is -2.35. The molecule has 14 nitrogen and oxygen atoms in total. The van der Waals surface area contributed by atoms with Gasteiger partial charge in [-0.2, -0.15) is 0 Å². The van der Waals surface area contributed by atoms with Crippen LogP contribution in [0.4, 0.5) is 4.79 Å². The number of carbonyl (C=O) groups is 4. The summed E-state index contributed by atoms with van der Waals surface area (Å²) in [4.78, 5) is 66.8. The summed E-state index contributed by atoms with van der Waals surface area (Å²) >= 11 is 0. The molecule has 0 spiro atoms. The number of benzene rings is 2. The van der Waals surface area contributed by atoms with Gasteiger partial charge in [0.1, 0.15) is 29.4 Å². The monoisotopic (exact) mass is 758 g/mol. The average Bonchev–Trinajstić information content (AvgIpc) is 4.06. The van der Waals surface area contributed by atoms with E-state index in [0.29, 0.717) is 36.0 Å². The molecule has 2 aromatic carbocycles. The van der Waals surface area contributed by atoms with Crippen molar-refractivity contribution < 1.29 is 37.1 Å². The van der Waals surface area contributed by atoms with E-state index in [-0.39, 0.29) is 31.9 Å². The van der Waals surface area contributed by atoms with Crippen LogP contribution in [0.2, 0.25) is 0 Å². The largest absolute Gasteiger partial charge is 0.471 e. The number of hydrogen-bond donors (Lipinski definition) is 3. The van der Waals surface area contributed by atoms with E-state index in [0.717, 1.165) is 24.0 Å². The van der Waals surface area contributed by atoms with Crippen molar-refractivity contribution in [2.24, 2.45) is 11.3 Å². The van der Waals surface area contributed by atoms with Gasteiger partial charge in [0, 0.05) is 17.9 Å². The first-order chi connectivity index (χ1) is 25.7. The summed E-state index contributed by atoms with van der Waals surface area (Å²) in [6.45, 7) is 9.25. The number of nitrogens with zero attached hydrogens (tertiary/aromatic N) is 3. The summed E-state index contributed by atoms with van der Waals surface area (Å²) in [5, 5.41) is 4.90. The number of aryl methyl sites for hydroxylation is 1. The average molecular weight is 759 g/mol. The minimum Gasteiger partial charge on any atom is -0.471 e. The van der Waals surface area contributed by atoms with E-state index < -0.39 is 74.1 Å². The highest BCUT2D eigenvalue weighted by atomic mass is 32.2. The molecule has 2 aliphatic heterocycles. The lowest BCUT2D eigenvalue weighted by Crippen LogP contribution is -2.60. The fraction of sp³-hybridized carbons (Fsp3) is 0.487. The number of nitrogens with one attached hydrogen (secondary N) is 3. The van der Waals surface area contributed by atoms with Crippen LogP contribution in [-0.4, -0.2) is 89.2 Å². The number of alkyl carbamates (subject to hydrolysis) is 1. The topological polar surface area (TPSA) is 186 Å². The predicted molar refractivity (Wildman–Crippen MR) is 199 cm³/mol. The van der Waals surface area contributed by atoms with Crippen molar-refractivity contribution in [1.82, 2.24) is 30.2 Å². The van der Waals surface area contributed by atoms with E-state index in [1.54, 1.807) is 20.8 Å². The summed E-state index contributed by atoms with van der Waals surface area (Å²) in [5.41, 5.74) is 1.21. The second-order valence-corrected chi connectivity index (χ2v) is 17.7. The van der Waals surface area contributed by atoms with E-state index >= 15 is 0 Å². The molecule has 1 saturated heterocycles. The normalized spacial score (nSPS) is 26.2. The Balaban J connectivity index is 1.25. The molecule has 0 unspecified atom stereocenters. The van der Waals surface area contributed by atoms with Crippen LogP contribution in [0.25, 0.3) is 22.3 Å². The van der Waals surface area contributed by atoms with Crippen molar-refractivity contribution in [2.75, 3.05) is 13.2 Å². The van der Waals surface area contributed by atoms with Gasteiger partial charge in [0.25, 0.3) is 5.91 Å². The van der Waals surface area contributed by atoms with Crippen LogP contribution in [0, 0.1) is 11.3 Å². The van der Waals surface area contributed by atoms with E-state index in [9.17, 15) is 27.6 Å². The number of amides is 4. The maximum absolute atomic E-state index is 14.6. The van der Waals surface area contributed by atoms with Crippen LogP contribution in [0.3, 0.4) is 0 Å². The fourth-order valence-electron chi connectivity index (χ4n) is 7.23. The van der Waals surface area contributed by atoms with Gasteiger partial charge in [-0.3, -0.25) is 19.1 Å². The van der Waals surface area contributed by atoms with Crippen LogP contribution in [0.5, 0.6) is 5.88 Å². The first-order valence-corrected chi connectivity index (χ1v) is 20.0. The van der Waals surface area contributed by atoms with Crippen molar-refractivity contribution in [1.29, 1.82) is 0 Å². The number of carbonyl (C=O) groups excluding carboxylic acids is 4. The number of ether oxygens (including phenoxy) is 2. The van der Waals surface area contributed by atoms with Gasteiger partial charge in [-0.25, -0.2) is 23.2 Å². The number of sulfonamides is 1. The third-order valence-corrected chi connectivity index (χ3v) is 12.4. The van der Waals surface area contributed by atoms with Gasteiger partial charge in [-0.1, -0.05) is 63.2 Å². The van der Waals surface area contributed by atoms with Crippen LogP contribution < -0.4 is 20.1 Å². The molecule has 2 saturated carbocycles. The third-order valence-electron chi connectivity index (χ3n) is 10.6. The number of aromatic nitrogens is 2. The Bertz CT molecular complexity index is 2100. The van der Waals surface area contributed by atoms with Crippen molar-refractivity contribution in [3.8, 4) is 17.1 Å².